The first-order valence-corrected chi connectivity index (χ1v) is 22.6. The van der Waals surface area contributed by atoms with E-state index in [2.05, 4.69) is 0 Å². The summed E-state index contributed by atoms with van der Waals surface area (Å²) >= 11 is 0.136. The molecule has 1 aliphatic heterocycles. The zero-order valence-electron chi connectivity index (χ0n) is 37.8. The van der Waals surface area contributed by atoms with Gasteiger partial charge in [0.2, 0.25) is 0 Å². The largest absolute Gasteiger partial charge is 0.460 e. The fraction of sp³-hybridized carbons (Fsp3) is 0.974. The van der Waals surface area contributed by atoms with Gasteiger partial charge in [0.05, 0.1) is 36.7 Å². The molecule has 0 bridgehead atoms. The molecule has 0 aliphatic carbocycles. The lowest BCUT2D eigenvalue weighted by atomic mass is 9.84. The Bertz CT molecular complexity index is 1810. The molecule has 0 saturated carbocycles. The Labute approximate surface area is 409 Å². The first-order chi connectivity index (χ1) is 33.4. The molecule has 0 aromatic carbocycles. The van der Waals surface area contributed by atoms with Crippen LogP contribution in [0.5, 0.6) is 0 Å². The average molecular weight is 1190 g/mol. The van der Waals surface area contributed by atoms with Gasteiger partial charge in [-0.2, -0.15) is 119 Å². The lowest BCUT2D eigenvalue weighted by Gasteiger charge is -2.46. The van der Waals surface area contributed by atoms with Gasteiger partial charge in [0, 0.05) is 0 Å². The van der Waals surface area contributed by atoms with Crippen molar-refractivity contribution in [1.82, 2.24) is 5.32 Å². The molecule has 1 amide bonds. The number of thioether (sulfide) groups is 1. The van der Waals surface area contributed by atoms with Crippen LogP contribution in [0.25, 0.3) is 0 Å². The Morgan fingerprint density at radius 2 is 0.800 bits per heavy atom. The third-order valence-corrected chi connectivity index (χ3v) is 13.2. The standard InChI is InChI=1S/C38H48F27NO8S/c1-2-3-4-5-6-7-8-9-10-11-12-13-14-18(68)20(69)17(16-74-24-23(72)22(71)21(70)19(15-67)75-24)66-25(73)26(39,40)27(41,42)28(43,44)29(45,46)30(47,48)31(49,50)32(51,52)33(53,54)34(55,56)35(57,58)36(59,60)37(61,62)38(63,64)65/h17-24,67-72H,2-16H2,1H3,(H,66,73)/t17-,18+,19+,20-,21-,22-,23+,24-/m0/s1. The Morgan fingerprint density at radius 3 is 1.13 bits per heavy atom. The van der Waals surface area contributed by atoms with Crippen LogP contribution in [0, 0.1) is 0 Å². The van der Waals surface area contributed by atoms with Crippen molar-refractivity contribution in [3.8, 4) is 0 Å². The molecule has 448 valence electrons. The van der Waals surface area contributed by atoms with Crippen molar-refractivity contribution in [3.05, 3.63) is 0 Å². The summed E-state index contributed by atoms with van der Waals surface area (Å²) in [6.45, 7) is -0.906. The Kier molecular flexibility index (Phi) is 23.1. The van der Waals surface area contributed by atoms with Crippen LogP contribution in [0.2, 0.25) is 0 Å². The lowest BCUT2D eigenvalue weighted by molar-refractivity contribution is -0.484. The Morgan fingerprint density at radius 1 is 0.480 bits per heavy atom. The van der Waals surface area contributed by atoms with Crippen molar-refractivity contribution in [3.63, 3.8) is 0 Å². The average Bonchev–Trinajstić information content (AvgIpc) is 3.28. The van der Waals surface area contributed by atoms with Gasteiger partial charge in [0.15, 0.2) is 0 Å². The minimum atomic E-state index is -9.98. The van der Waals surface area contributed by atoms with Crippen molar-refractivity contribution in [2.75, 3.05) is 13.2 Å². The zero-order chi connectivity index (χ0) is 59.4. The zero-order valence-corrected chi connectivity index (χ0v) is 38.7. The minimum Gasteiger partial charge on any atom is -0.395 e. The molecule has 0 aromatic rings. The number of aliphatic hydroxyl groups is 6. The topological polar surface area (TPSA) is 160 Å². The van der Waals surface area contributed by atoms with Gasteiger partial charge in [0.1, 0.15) is 23.7 Å². The van der Waals surface area contributed by atoms with Crippen molar-refractivity contribution >= 4 is 17.7 Å². The summed E-state index contributed by atoms with van der Waals surface area (Å²) in [7, 11) is 0. The molecule has 75 heavy (non-hydrogen) atoms. The predicted molar refractivity (Wildman–Crippen MR) is 201 cm³/mol. The molecule has 1 saturated heterocycles. The molecule has 0 spiro atoms. The molecule has 1 aliphatic rings. The number of carbonyl (C=O) groups excluding carboxylic acids is 1. The maximum Gasteiger partial charge on any atom is 0.460 e. The van der Waals surface area contributed by atoms with E-state index in [-0.39, 0.29) is 24.6 Å². The van der Waals surface area contributed by atoms with Crippen LogP contribution in [-0.2, 0) is 9.53 Å². The van der Waals surface area contributed by atoms with Crippen LogP contribution >= 0.6 is 11.8 Å². The number of aliphatic hydroxyl groups excluding tert-OH is 6. The van der Waals surface area contributed by atoms with E-state index in [1.165, 1.54) is 0 Å². The minimum absolute atomic E-state index is 0.136. The molecule has 1 fully saturated rings. The van der Waals surface area contributed by atoms with Crippen molar-refractivity contribution < 1.29 is 159 Å². The summed E-state index contributed by atoms with van der Waals surface area (Å²) in [5.74, 6) is -118. The first kappa shape index (κ1) is 70.7. The lowest BCUT2D eigenvalue weighted by Crippen LogP contribution is -2.79. The van der Waals surface area contributed by atoms with Crippen LogP contribution in [0.4, 0.5) is 119 Å². The maximum absolute atomic E-state index is 15.1. The van der Waals surface area contributed by atoms with Gasteiger partial charge < -0.3 is 40.7 Å². The molecule has 1 rings (SSSR count). The van der Waals surface area contributed by atoms with E-state index < -0.39 is 150 Å². The number of carbonyl (C=O) groups is 1. The third kappa shape index (κ3) is 12.8. The molecule has 7 N–H and O–H groups in total. The highest BCUT2D eigenvalue weighted by atomic mass is 32.2. The third-order valence-electron chi connectivity index (χ3n) is 11.7. The van der Waals surface area contributed by atoms with Gasteiger partial charge in [-0.3, -0.25) is 4.79 Å². The summed E-state index contributed by atoms with van der Waals surface area (Å²) in [5.41, 5.74) is -2.09. The highest BCUT2D eigenvalue weighted by Gasteiger charge is 3.00. The molecule has 9 nitrogen and oxygen atoms in total. The summed E-state index contributed by atoms with van der Waals surface area (Å²) in [6.07, 6.45) is -12.6. The van der Waals surface area contributed by atoms with Crippen LogP contribution in [0.1, 0.15) is 90.4 Å². The highest BCUT2D eigenvalue weighted by molar-refractivity contribution is 8.00. The summed E-state index contributed by atoms with van der Waals surface area (Å²) < 4.78 is 384. The van der Waals surface area contributed by atoms with E-state index in [0.29, 0.717) is 24.6 Å². The number of halogens is 27. The van der Waals surface area contributed by atoms with Gasteiger partial charge >= 0.3 is 77.2 Å². The second-order valence-electron chi connectivity index (χ2n) is 17.2. The molecule has 0 unspecified atom stereocenters. The fourth-order valence-corrected chi connectivity index (χ4v) is 8.05. The van der Waals surface area contributed by atoms with E-state index in [9.17, 15) is 145 Å². The quantitative estimate of drug-likeness (QED) is 0.0257. The molecule has 37 heteroatoms. The molecule has 0 radical (unpaired) electrons. The number of unbranched alkanes of at least 4 members (excludes halogenated alkanes) is 11. The number of nitrogens with one attached hydrogen (secondary N) is 1. The molecular formula is C38H48F27NO8S. The second-order valence-corrected chi connectivity index (χ2v) is 18.6. The predicted octanol–water partition coefficient (Wildman–Crippen LogP) is 10.0. The van der Waals surface area contributed by atoms with Gasteiger partial charge in [-0.1, -0.05) is 84.0 Å². The highest BCUT2D eigenvalue weighted by Crippen LogP contribution is 2.68. The van der Waals surface area contributed by atoms with Crippen LogP contribution in [0.15, 0.2) is 0 Å². The van der Waals surface area contributed by atoms with Gasteiger partial charge in [-0.15, -0.1) is 11.8 Å². The number of amides is 1. The molecule has 8 atom stereocenters. The van der Waals surface area contributed by atoms with Crippen LogP contribution in [0.3, 0.4) is 0 Å². The normalized spacial score (nSPS) is 22.3. The number of rotatable bonds is 32. The molecule has 1 heterocycles. The van der Waals surface area contributed by atoms with Crippen LogP contribution in [-0.4, -0.2) is 174 Å². The van der Waals surface area contributed by atoms with E-state index in [1.807, 2.05) is 6.92 Å². The number of ether oxygens (including phenoxy) is 1. The van der Waals surface area contributed by atoms with E-state index in [1.54, 1.807) is 0 Å². The molecule has 0 aromatic heterocycles. The van der Waals surface area contributed by atoms with Gasteiger partial charge in [0.25, 0.3) is 5.91 Å². The summed E-state index contributed by atoms with van der Waals surface area (Å²) in [6, 6.07) is -3.07. The fourth-order valence-electron chi connectivity index (χ4n) is 6.81. The van der Waals surface area contributed by atoms with E-state index in [0.717, 1.165) is 44.9 Å². The van der Waals surface area contributed by atoms with Crippen LogP contribution < -0.4 is 5.32 Å². The van der Waals surface area contributed by atoms with E-state index >= 15 is 8.78 Å². The summed E-state index contributed by atoms with van der Waals surface area (Å²) in [4.78, 5) is 12.5. The van der Waals surface area contributed by atoms with Crippen molar-refractivity contribution in [2.45, 2.75) is 215 Å². The van der Waals surface area contributed by atoms with Gasteiger partial charge in [-0.25, -0.2) is 0 Å². The van der Waals surface area contributed by atoms with Gasteiger partial charge in [-0.05, 0) is 6.42 Å². The Balaban J connectivity index is 3.66. The number of hydrogen-bond acceptors (Lipinski definition) is 9. The number of alkyl halides is 27. The van der Waals surface area contributed by atoms with Crippen molar-refractivity contribution in [2.24, 2.45) is 0 Å². The second kappa shape index (κ2) is 24.6. The maximum atomic E-state index is 15.1. The summed E-state index contributed by atoms with van der Waals surface area (Å²) in [5, 5.41) is 59.8. The molecular weight excluding hydrogens is 1140 g/mol. The Hall–Kier alpha value is -2.35. The van der Waals surface area contributed by atoms with Crippen molar-refractivity contribution in [1.29, 1.82) is 0 Å². The van der Waals surface area contributed by atoms with E-state index in [4.69, 9.17) is 4.74 Å². The first-order valence-electron chi connectivity index (χ1n) is 21.6. The monoisotopic (exact) mass is 1190 g/mol. The SMILES string of the molecule is CCCCCCCCCCCCCC[C@@H](O)[C@@H](O)[C@H](CO[C@H]1S[C@H](CO)[C@H](O)[C@H](O)[C@H]1O)NC(=O)C(F)(F)C(F)(F)C(F)(F)C(F)(F)C(F)(F)C(F)(F)C(F)(F)C(F)(F)C(F)(F)C(F)(F)C(F)(F)C(F)(F)C(F)(F)F. The smallest absolute Gasteiger partial charge is 0.395 e. The number of hydrogen-bond donors (Lipinski definition) is 7.